The molecule has 1 radical (unpaired) electrons. The Balaban J connectivity index is 1.96. The lowest BCUT2D eigenvalue weighted by molar-refractivity contribution is -0.157. The molecule has 4 rings (SSSR count). The van der Waals surface area contributed by atoms with E-state index in [1.165, 1.54) is 19.3 Å². The van der Waals surface area contributed by atoms with Crippen LogP contribution in [0.1, 0.15) is 52.4 Å². The van der Waals surface area contributed by atoms with Crippen LogP contribution in [-0.4, -0.2) is 10.7 Å². The number of hydrogen-bond donors (Lipinski definition) is 1. The third-order valence-electron chi connectivity index (χ3n) is 5.09. The summed E-state index contributed by atoms with van der Waals surface area (Å²) in [4.78, 5) is 0. The van der Waals surface area contributed by atoms with Crippen molar-refractivity contribution in [1.29, 1.82) is 0 Å². The molecule has 0 aromatic heterocycles. The Hall–Kier alpha value is -0.0400. The summed E-state index contributed by atoms with van der Waals surface area (Å²) in [6.07, 6.45) is 7.39. The highest BCUT2D eigenvalue weighted by Crippen LogP contribution is 2.64. The van der Waals surface area contributed by atoms with E-state index in [4.69, 9.17) is 0 Å². The smallest absolute Gasteiger partial charge is 0.0658 e. The van der Waals surface area contributed by atoms with Gasteiger partial charge >= 0.3 is 0 Å². The van der Waals surface area contributed by atoms with Gasteiger partial charge in [-0.1, -0.05) is 13.8 Å². The molecule has 0 aromatic rings. The van der Waals surface area contributed by atoms with E-state index in [0.717, 1.165) is 31.1 Å². The Kier molecular flexibility index (Phi) is 1.68. The summed E-state index contributed by atoms with van der Waals surface area (Å²) in [6.45, 7) is 4.55. The van der Waals surface area contributed by atoms with Crippen LogP contribution in [0.3, 0.4) is 0 Å². The van der Waals surface area contributed by atoms with Crippen LogP contribution in [0.4, 0.5) is 0 Å². The SMILES string of the molecule is C[C](C)C12CC3CC(CC(O)(C3)C1)C2. The Morgan fingerprint density at radius 3 is 2.07 bits per heavy atom. The highest BCUT2D eigenvalue weighted by molar-refractivity contribution is 5.16. The maximum absolute atomic E-state index is 10.5. The van der Waals surface area contributed by atoms with Gasteiger partial charge in [0.2, 0.25) is 0 Å². The molecule has 1 N–H and O–H groups in total. The quantitative estimate of drug-likeness (QED) is 0.679. The molecule has 0 aliphatic heterocycles. The fourth-order valence-electron chi connectivity index (χ4n) is 4.80. The second-order valence-corrected chi connectivity index (χ2v) is 6.47. The second-order valence-electron chi connectivity index (χ2n) is 6.47. The van der Waals surface area contributed by atoms with Gasteiger partial charge in [0.1, 0.15) is 0 Å². The van der Waals surface area contributed by atoms with E-state index < -0.39 is 0 Å². The van der Waals surface area contributed by atoms with Crippen molar-refractivity contribution < 1.29 is 5.11 Å². The lowest BCUT2D eigenvalue weighted by Crippen LogP contribution is -2.56. The third kappa shape index (κ3) is 1.11. The molecule has 2 atom stereocenters. The maximum Gasteiger partial charge on any atom is 0.0658 e. The summed E-state index contributed by atoms with van der Waals surface area (Å²) in [6, 6.07) is 0. The van der Waals surface area contributed by atoms with E-state index in [2.05, 4.69) is 13.8 Å². The number of aliphatic hydroxyl groups is 1. The van der Waals surface area contributed by atoms with Gasteiger partial charge in [0.05, 0.1) is 5.60 Å². The Morgan fingerprint density at radius 2 is 1.64 bits per heavy atom. The highest BCUT2D eigenvalue weighted by Gasteiger charge is 2.57. The molecule has 79 valence electrons. The van der Waals surface area contributed by atoms with Gasteiger partial charge in [0.25, 0.3) is 0 Å². The van der Waals surface area contributed by atoms with Crippen molar-refractivity contribution in [3.05, 3.63) is 5.92 Å². The minimum Gasteiger partial charge on any atom is -0.390 e. The molecule has 1 heteroatoms. The van der Waals surface area contributed by atoms with Gasteiger partial charge in [-0.05, 0) is 61.7 Å². The van der Waals surface area contributed by atoms with Crippen LogP contribution >= 0.6 is 0 Å². The summed E-state index contributed by atoms with van der Waals surface area (Å²) in [5.41, 5.74) is 0.153. The van der Waals surface area contributed by atoms with Crippen molar-refractivity contribution in [1.82, 2.24) is 0 Å². The van der Waals surface area contributed by atoms with E-state index in [1.807, 2.05) is 0 Å². The highest BCUT2D eigenvalue weighted by atomic mass is 16.3. The summed E-state index contributed by atoms with van der Waals surface area (Å²) in [7, 11) is 0. The van der Waals surface area contributed by atoms with Crippen molar-refractivity contribution in [3.8, 4) is 0 Å². The molecule has 0 spiro atoms. The first kappa shape index (κ1) is 9.21. The molecule has 0 amide bonds. The largest absolute Gasteiger partial charge is 0.390 e. The van der Waals surface area contributed by atoms with E-state index >= 15 is 0 Å². The standard InChI is InChI=1S/C13H21O/c1-9(2)12-4-10-3-11(5-12)7-13(14,6-10)8-12/h10-11,14H,3-8H2,1-2H3. The monoisotopic (exact) mass is 193 g/mol. The molecule has 4 saturated carbocycles. The fraction of sp³-hybridized carbons (Fsp3) is 0.923. The first-order chi connectivity index (χ1) is 6.51. The fourth-order valence-corrected chi connectivity index (χ4v) is 4.80. The molecule has 0 heterocycles. The summed E-state index contributed by atoms with van der Waals surface area (Å²) >= 11 is 0. The molecule has 4 aliphatic rings. The topological polar surface area (TPSA) is 20.2 Å². The van der Waals surface area contributed by atoms with Crippen LogP contribution in [0.15, 0.2) is 0 Å². The average molecular weight is 193 g/mol. The number of hydrogen-bond acceptors (Lipinski definition) is 1. The van der Waals surface area contributed by atoms with Crippen molar-refractivity contribution in [2.24, 2.45) is 17.3 Å². The normalized spacial score (nSPS) is 55.7. The zero-order valence-electron chi connectivity index (χ0n) is 9.34. The summed E-state index contributed by atoms with van der Waals surface area (Å²) < 4.78 is 0. The predicted octanol–water partition coefficient (Wildman–Crippen LogP) is 2.93. The molecule has 14 heavy (non-hydrogen) atoms. The molecule has 0 aromatic carbocycles. The summed E-state index contributed by atoms with van der Waals surface area (Å²) in [5.74, 6) is 3.23. The van der Waals surface area contributed by atoms with Gasteiger partial charge in [-0.15, -0.1) is 0 Å². The van der Waals surface area contributed by atoms with Gasteiger partial charge < -0.3 is 5.11 Å². The van der Waals surface area contributed by atoms with Gasteiger partial charge in [0, 0.05) is 0 Å². The lowest BCUT2D eigenvalue weighted by Gasteiger charge is -2.61. The van der Waals surface area contributed by atoms with Crippen LogP contribution < -0.4 is 0 Å². The molecule has 0 saturated heterocycles. The van der Waals surface area contributed by atoms with Crippen molar-refractivity contribution in [2.75, 3.05) is 0 Å². The molecular formula is C13H21O. The lowest BCUT2D eigenvalue weighted by atomic mass is 9.45. The van der Waals surface area contributed by atoms with Gasteiger partial charge in [-0.2, -0.15) is 0 Å². The molecular weight excluding hydrogens is 172 g/mol. The molecule has 2 unspecified atom stereocenters. The van der Waals surface area contributed by atoms with Gasteiger partial charge in [-0.3, -0.25) is 0 Å². The van der Waals surface area contributed by atoms with E-state index in [9.17, 15) is 5.11 Å². The maximum atomic E-state index is 10.5. The van der Waals surface area contributed by atoms with Crippen LogP contribution in [0, 0.1) is 23.2 Å². The summed E-state index contributed by atoms with van der Waals surface area (Å²) in [5, 5.41) is 10.5. The Morgan fingerprint density at radius 1 is 1.07 bits per heavy atom. The molecule has 1 nitrogen and oxygen atoms in total. The minimum atomic E-state index is -0.276. The van der Waals surface area contributed by atoms with Crippen molar-refractivity contribution in [3.63, 3.8) is 0 Å². The van der Waals surface area contributed by atoms with Gasteiger partial charge in [-0.25, -0.2) is 0 Å². The van der Waals surface area contributed by atoms with E-state index in [1.54, 1.807) is 5.92 Å². The van der Waals surface area contributed by atoms with Crippen LogP contribution in [0.2, 0.25) is 0 Å². The van der Waals surface area contributed by atoms with Crippen molar-refractivity contribution >= 4 is 0 Å². The van der Waals surface area contributed by atoms with Crippen LogP contribution in [-0.2, 0) is 0 Å². The first-order valence-corrected chi connectivity index (χ1v) is 6.04. The third-order valence-corrected chi connectivity index (χ3v) is 5.09. The Labute approximate surface area is 86.9 Å². The molecule has 4 fully saturated rings. The Bertz CT molecular complexity index is 242. The van der Waals surface area contributed by atoms with Crippen LogP contribution in [0.5, 0.6) is 0 Å². The molecule has 4 aliphatic carbocycles. The van der Waals surface area contributed by atoms with Crippen molar-refractivity contribution in [2.45, 2.75) is 58.0 Å². The molecule has 4 bridgehead atoms. The zero-order valence-corrected chi connectivity index (χ0v) is 9.34. The van der Waals surface area contributed by atoms with E-state index in [-0.39, 0.29) is 5.60 Å². The van der Waals surface area contributed by atoms with Crippen LogP contribution in [0.25, 0.3) is 0 Å². The second kappa shape index (κ2) is 2.55. The van der Waals surface area contributed by atoms with E-state index in [0.29, 0.717) is 5.41 Å². The minimum absolute atomic E-state index is 0.276. The first-order valence-electron chi connectivity index (χ1n) is 6.04. The van der Waals surface area contributed by atoms with Gasteiger partial charge in [0.15, 0.2) is 0 Å². The zero-order chi connectivity index (χ0) is 9.97. The average Bonchev–Trinajstić information content (AvgIpc) is 1.98. The number of rotatable bonds is 1. The predicted molar refractivity (Wildman–Crippen MR) is 56.7 cm³/mol.